The van der Waals surface area contributed by atoms with Gasteiger partial charge in [0.15, 0.2) is 11.6 Å². The van der Waals surface area contributed by atoms with E-state index in [0.717, 1.165) is 22.0 Å². The summed E-state index contributed by atoms with van der Waals surface area (Å²) in [5.74, 6) is 2.44. The number of rotatable bonds is 7. The number of nitrogens with zero attached hydrogens (tertiary/aromatic N) is 5. The maximum absolute atomic E-state index is 12.5. The van der Waals surface area contributed by atoms with Gasteiger partial charge in [-0.3, -0.25) is 9.78 Å². The summed E-state index contributed by atoms with van der Waals surface area (Å²) in [5, 5.41) is 14.3. The lowest BCUT2D eigenvalue weighted by Gasteiger charge is -2.13. The minimum Gasteiger partial charge on any atom is -0.495 e. The summed E-state index contributed by atoms with van der Waals surface area (Å²) in [7, 11) is 5.06. The fraction of sp³-hybridized carbons (Fsp3) is 0.0938. The Morgan fingerprint density at radius 2 is 1.63 bits per heavy atom. The van der Waals surface area contributed by atoms with Crippen molar-refractivity contribution in [3.63, 3.8) is 0 Å². The molecule has 0 unspecified atom stereocenters. The van der Waals surface area contributed by atoms with Crippen molar-refractivity contribution in [2.75, 3.05) is 26.5 Å². The van der Waals surface area contributed by atoms with Crippen molar-refractivity contribution < 1.29 is 14.3 Å². The molecule has 3 aromatic heterocycles. The number of hydrogen-bond acceptors (Lipinski definition) is 8. The molecule has 0 fully saturated rings. The number of hydrogen-bond donors (Lipinski definition) is 1. The van der Waals surface area contributed by atoms with Gasteiger partial charge in [-0.05, 0) is 36.4 Å². The zero-order valence-corrected chi connectivity index (χ0v) is 22.7. The van der Waals surface area contributed by atoms with E-state index >= 15 is 0 Å². The fourth-order valence-corrected chi connectivity index (χ4v) is 4.52. The molecule has 9 nitrogen and oxygen atoms in total. The van der Waals surface area contributed by atoms with Crippen LogP contribution in [0, 0.1) is 0 Å². The van der Waals surface area contributed by atoms with Crippen LogP contribution in [-0.2, 0) is 0 Å². The van der Waals surface area contributed by atoms with Gasteiger partial charge in [0.1, 0.15) is 22.7 Å². The Bertz CT molecular complexity index is 1890. The SMILES string of the molecule is COc1cnc2c(Oc3ccc(Nc4nnc(-c5cccc(C(=O)N(C)C)c5)c5ccccc45)cc3)ccnc2c1. The minimum atomic E-state index is -0.0663. The van der Waals surface area contributed by atoms with Gasteiger partial charge in [-0.25, -0.2) is 4.98 Å². The first-order valence-electron chi connectivity index (χ1n) is 12.9. The molecule has 41 heavy (non-hydrogen) atoms. The average Bonchev–Trinajstić information content (AvgIpc) is 3.01. The van der Waals surface area contributed by atoms with Crippen LogP contribution in [-0.4, -0.2) is 52.2 Å². The molecule has 0 radical (unpaired) electrons. The van der Waals surface area contributed by atoms with Crippen molar-refractivity contribution in [2.45, 2.75) is 0 Å². The second kappa shape index (κ2) is 10.9. The van der Waals surface area contributed by atoms with Gasteiger partial charge >= 0.3 is 0 Å². The molecule has 0 atom stereocenters. The highest BCUT2D eigenvalue weighted by atomic mass is 16.5. The van der Waals surface area contributed by atoms with E-state index in [1.807, 2.05) is 72.8 Å². The second-order valence-electron chi connectivity index (χ2n) is 9.53. The minimum absolute atomic E-state index is 0.0663. The number of aromatic nitrogens is 4. The van der Waals surface area contributed by atoms with Crippen molar-refractivity contribution in [3.8, 4) is 28.5 Å². The van der Waals surface area contributed by atoms with E-state index in [1.165, 1.54) is 0 Å². The van der Waals surface area contributed by atoms with E-state index < -0.39 is 0 Å². The molecule has 3 aromatic carbocycles. The van der Waals surface area contributed by atoms with Crippen LogP contribution in [0.5, 0.6) is 17.2 Å². The Kier molecular flexibility index (Phi) is 6.83. The Morgan fingerprint density at radius 3 is 2.41 bits per heavy atom. The summed E-state index contributed by atoms with van der Waals surface area (Å²) >= 11 is 0. The molecule has 0 aliphatic heterocycles. The van der Waals surface area contributed by atoms with E-state index in [2.05, 4.69) is 25.5 Å². The van der Waals surface area contributed by atoms with Crippen LogP contribution in [0.2, 0.25) is 0 Å². The number of fused-ring (bicyclic) bond motifs is 2. The third-order valence-corrected chi connectivity index (χ3v) is 6.57. The third-order valence-electron chi connectivity index (χ3n) is 6.57. The molecule has 3 heterocycles. The molecule has 0 spiro atoms. The Morgan fingerprint density at radius 1 is 0.829 bits per heavy atom. The number of anilines is 2. The van der Waals surface area contributed by atoms with E-state index in [1.54, 1.807) is 50.6 Å². The zero-order valence-electron chi connectivity index (χ0n) is 22.7. The lowest BCUT2D eigenvalue weighted by Crippen LogP contribution is -2.21. The molecule has 202 valence electrons. The number of pyridine rings is 2. The Balaban J connectivity index is 1.26. The van der Waals surface area contributed by atoms with Gasteiger partial charge in [-0.2, -0.15) is 0 Å². The van der Waals surface area contributed by atoms with Crippen LogP contribution in [0.4, 0.5) is 11.5 Å². The van der Waals surface area contributed by atoms with Crippen LogP contribution >= 0.6 is 0 Å². The molecular weight excluding hydrogens is 516 g/mol. The van der Waals surface area contributed by atoms with Gasteiger partial charge in [0.2, 0.25) is 0 Å². The van der Waals surface area contributed by atoms with Gasteiger partial charge in [-0.1, -0.05) is 36.4 Å². The largest absolute Gasteiger partial charge is 0.495 e. The molecule has 1 N–H and O–H groups in total. The fourth-order valence-electron chi connectivity index (χ4n) is 4.52. The Hall–Kier alpha value is -5.57. The monoisotopic (exact) mass is 542 g/mol. The highest BCUT2D eigenvalue weighted by Gasteiger charge is 2.14. The lowest BCUT2D eigenvalue weighted by molar-refractivity contribution is 0.0827. The average molecular weight is 543 g/mol. The summed E-state index contributed by atoms with van der Waals surface area (Å²) in [6.45, 7) is 0. The molecule has 6 aromatic rings. The predicted octanol–water partition coefficient (Wildman–Crippen LogP) is 6.49. The number of ether oxygens (including phenoxy) is 2. The van der Waals surface area contributed by atoms with Gasteiger partial charge in [-0.15, -0.1) is 10.2 Å². The molecule has 0 bridgehead atoms. The zero-order chi connectivity index (χ0) is 28.3. The van der Waals surface area contributed by atoms with Crippen molar-refractivity contribution in [1.82, 2.24) is 25.1 Å². The normalized spacial score (nSPS) is 10.9. The first-order chi connectivity index (χ1) is 20.0. The number of carbonyl (C=O) groups excluding carboxylic acids is 1. The third kappa shape index (κ3) is 5.20. The summed E-state index contributed by atoms with van der Waals surface area (Å²) in [6, 6.07) is 26.5. The van der Waals surface area contributed by atoms with Crippen molar-refractivity contribution in [1.29, 1.82) is 0 Å². The number of carbonyl (C=O) groups is 1. The summed E-state index contributed by atoms with van der Waals surface area (Å²) in [5.41, 5.74) is 4.29. The Labute approximate surface area is 236 Å². The van der Waals surface area contributed by atoms with Gasteiger partial charge in [0.25, 0.3) is 5.91 Å². The number of methoxy groups -OCH3 is 1. The molecular formula is C32H26N6O3. The second-order valence-corrected chi connectivity index (χ2v) is 9.53. The van der Waals surface area contributed by atoms with Crippen LogP contribution in [0.1, 0.15) is 10.4 Å². The van der Waals surface area contributed by atoms with Crippen molar-refractivity contribution >= 4 is 39.2 Å². The van der Waals surface area contributed by atoms with Gasteiger partial charge < -0.3 is 19.7 Å². The standard InChI is InChI=1S/C32H26N6O3/c1-38(2)32(39)21-8-6-7-20(17-21)29-25-9-4-5-10-26(25)31(37-36-29)35-22-11-13-23(14-12-22)41-28-15-16-33-27-18-24(40-3)19-34-30(27)28/h4-19H,1-3H3,(H,35,37). The summed E-state index contributed by atoms with van der Waals surface area (Å²) in [6.07, 6.45) is 3.32. The smallest absolute Gasteiger partial charge is 0.253 e. The maximum atomic E-state index is 12.5. The van der Waals surface area contributed by atoms with E-state index in [0.29, 0.717) is 45.4 Å². The van der Waals surface area contributed by atoms with E-state index in [9.17, 15) is 4.79 Å². The molecule has 0 saturated carbocycles. The van der Waals surface area contributed by atoms with Crippen LogP contribution in [0.25, 0.3) is 33.1 Å². The first kappa shape index (κ1) is 25.7. The number of benzene rings is 3. The molecule has 9 heteroatoms. The van der Waals surface area contributed by atoms with Crippen LogP contribution in [0.3, 0.4) is 0 Å². The molecule has 1 amide bonds. The van der Waals surface area contributed by atoms with Crippen LogP contribution < -0.4 is 14.8 Å². The van der Waals surface area contributed by atoms with Gasteiger partial charge in [0.05, 0.1) is 18.8 Å². The quantitative estimate of drug-likeness (QED) is 0.244. The summed E-state index contributed by atoms with van der Waals surface area (Å²) in [4.78, 5) is 22.9. The van der Waals surface area contributed by atoms with Crippen molar-refractivity contribution in [3.05, 3.63) is 103 Å². The summed E-state index contributed by atoms with van der Waals surface area (Å²) < 4.78 is 11.4. The topological polar surface area (TPSA) is 102 Å². The number of nitrogens with one attached hydrogen (secondary N) is 1. The van der Waals surface area contributed by atoms with Crippen molar-refractivity contribution in [2.24, 2.45) is 0 Å². The predicted molar refractivity (Wildman–Crippen MR) is 159 cm³/mol. The number of amides is 1. The van der Waals surface area contributed by atoms with Crippen LogP contribution in [0.15, 0.2) is 97.3 Å². The highest BCUT2D eigenvalue weighted by molar-refractivity contribution is 6.02. The molecule has 0 aliphatic rings. The highest BCUT2D eigenvalue weighted by Crippen LogP contribution is 2.33. The first-order valence-corrected chi connectivity index (χ1v) is 12.9. The van der Waals surface area contributed by atoms with E-state index in [4.69, 9.17) is 9.47 Å². The lowest BCUT2D eigenvalue weighted by atomic mass is 10.0. The molecule has 0 saturated heterocycles. The van der Waals surface area contributed by atoms with E-state index in [-0.39, 0.29) is 5.91 Å². The maximum Gasteiger partial charge on any atom is 0.253 e. The van der Waals surface area contributed by atoms with Gasteiger partial charge in [0, 0.05) is 60.0 Å². The molecule has 6 rings (SSSR count). The molecule has 0 aliphatic carbocycles.